The first kappa shape index (κ1) is 11.4. The van der Waals surface area contributed by atoms with Crippen molar-refractivity contribution in [1.82, 2.24) is 24.6 Å². The van der Waals surface area contributed by atoms with Crippen molar-refractivity contribution < 1.29 is 0 Å². The minimum Gasteiger partial charge on any atom is -0.235 e. The fourth-order valence-electron chi connectivity index (χ4n) is 1.61. The molecule has 0 radical (unpaired) electrons. The highest BCUT2D eigenvalue weighted by Crippen LogP contribution is 2.20. The van der Waals surface area contributed by atoms with Crippen molar-refractivity contribution in [2.24, 2.45) is 0 Å². The Morgan fingerprint density at radius 1 is 1.22 bits per heavy atom. The number of rotatable bonds is 2. The molecule has 0 aliphatic carbocycles. The fraction of sp³-hybridized carbons (Fsp3) is 0.0909. The van der Waals surface area contributed by atoms with E-state index in [1.807, 2.05) is 18.4 Å². The van der Waals surface area contributed by atoms with Crippen LogP contribution in [-0.4, -0.2) is 30.8 Å². The molecular formula is C11H8ClN5S. The molecule has 0 aliphatic rings. The first-order chi connectivity index (χ1) is 8.78. The summed E-state index contributed by atoms with van der Waals surface area (Å²) in [7, 11) is 0. The lowest BCUT2D eigenvalue weighted by Crippen LogP contribution is -1.96. The van der Waals surface area contributed by atoms with E-state index >= 15 is 0 Å². The van der Waals surface area contributed by atoms with Crippen LogP contribution in [0.2, 0.25) is 5.15 Å². The van der Waals surface area contributed by atoms with Crippen LogP contribution in [0.5, 0.6) is 0 Å². The molecule has 3 aromatic rings. The monoisotopic (exact) mass is 277 g/mol. The van der Waals surface area contributed by atoms with Crippen molar-refractivity contribution in [2.45, 2.75) is 5.16 Å². The number of imidazole rings is 1. The van der Waals surface area contributed by atoms with Crippen LogP contribution >= 0.6 is 23.4 Å². The maximum atomic E-state index is 5.90. The van der Waals surface area contributed by atoms with Crippen LogP contribution < -0.4 is 0 Å². The van der Waals surface area contributed by atoms with Crippen LogP contribution in [0.3, 0.4) is 0 Å². The largest absolute Gasteiger partial charge is 0.235 e. The number of fused-ring (bicyclic) bond motifs is 1. The summed E-state index contributed by atoms with van der Waals surface area (Å²) in [6, 6.07) is 5.35. The number of halogens is 1. The number of thioether (sulfide) groups is 1. The van der Waals surface area contributed by atoms with Crippen LogP contribution in [0.1, 0.15) is 0 Å². The predicted octanol–water partition coefficient (Wildman–Crippen LogP) is 2.56. The van der Waals surface area contributed by atoms with Gasteiger partial charge in [0.2, 0.25) is 0 Å². The molecule has 0 saturated heterocycles. The number of hydrogen-bond donors (Lipinski definition) is 0. The molecule has 3 aromatic heterocycles. The van der Waals surface area contributed by atoms with E-state index in [0.29, 0.717) is 10.3 Å². The summed E-state index contributed by atoms with van der Waals surface area (Å²) in [6.45, 7) is 0. The maximum Gasteiger partial charge on any atom is 0.187 e. The van der Waals surface area contributed by atoms with Crippen LogP contribution in [0.15, 0.2) is 35.7 Å². The van der Waals surface area contributed by atoms with Crippen molar-refractivity contribution in [3.05, 3.63) is 35.7 Å². The Bertz CT molecular complexity index is 711. The van der Waals surface area contributed by atoms with Gasteiger partial charge in [-0.1, -0.05) is 23.4 Å². The van der Waals surface area contributed by atoms with Crippen LogP contribution in [0.4, 0.5) is 0 Å². The van der Waals surface area contributed by atoms with Crippen molar-refractivity contribution in [3.63, 3.8) is 0 Å². The summed E-state index contributed by atoms with van der Waals surface area (Å²) in [5, 5.41) is 5.35. The van der Waals surface area contributed by atoms with Gasteiger partial charge in [-0.05, 0) is 24.5 Å². The van der Waals surface area contributed by atoms with E-state index in [2.05, 4.69) is 20.1 Å². The lowest BCUT2D eigenvalue weighted by atomic mass is 10.3. The SMILES string of the molecule is CSc1nccc(-c2cnc3ccc(Cl)nn23)n1. The number of nitrogens with zero attached hydrogens (tertiary/aromatic N) is 5. The van der Waals surface area contributed by atoms with Crippen LogP contribution in [0, 0.1) is 0 Å². The second-order valence-electron chi connectivity index (χ2n) is 3.50. The molecular weight excluding hydrogens is 270 g/mol. The van der Waals surface area contributed by atoms with Gasteiger partial charge in [-0.3, -0.25) is 0 Å². The molecule has 90 valence electrons. The molecule has 5 nitrogen and oxygen atoms in total. The van der Waals surface area contributed by atoms with E-state index < -0.39 is 0 Å². The summed E-state index contributed by atoms with van der Waals surface area (Å²) < 4.78 is 1.68. The Labute approximate surface area is 112 Å². The highest BCUT2D eigenvalue weighted by atomic mass is 35.5. The number of hydrogen-bond acceptors (Lipinski definition) is 5. The predicted molar refractivity (Wildman–Crippen MR) is 70.8 cm³/mol. The van der Waals surface area contributed by atoms with Gasteiger partial charge >= 0.3 is 0 Å². The highest BCUT2D eigenvalue weighted by Gasteiger charge is 2.09. The molecule has 18 heavy (non-hydrogen) atoms. The first-order valence-electron chi connectivity index (χ1n) is 5.15. The maximum absolute atomic E-state index is 5.90. The van der Waals surface area contributed by atoms with Gasteiger partial charge in [0.15, 0.2) is 10.8 Å². The quantitative estimate of drug-likeness (QED) is 0.532. The molecule has 0 N–H and O–H groups in total. The Morgan fingerprint density at radius 3 is 2.94 bits per heavy atom. The van der Waals surface area contributed by atoms with Crippen LogP contribution in [-0.2, 0) is 0 Å². The van der Waals surface area contributed by atoms with E-state index in [1.54, 1.807) is 23.0 Å². The normalized spacial score (nSPS) is 11.0. The van der Waals surface area contributed by atoms with Crippen molar-refractivity contribution in [1.29, 1.82) is 0 Å². The molecule has 3 rings (SSSR count). The van der Waals surface area contributed by atoms with Gasteiger partial charge in [-0.25, -0.2) is 19.5 Å². The third kappa shape index (κ3) is 1.93. The van der Waals surface area contributed by atoms with E-state index in [-0.39, 0.29) is 0 Å². The van der Waals surface area contributed by atoms with E-state index in [1.165, 1.54) is 11.8 Å². The zero-order chi connectivity index (χ0) is 12.5. The zero-order valence-electron chi connectivity index (χ0n) is 9.41. The second-order valence-corrected chi connectivity index (χ2v) is 4.66. The van der Waals surface area contributed by atoms with Gasteiger partial charge in [-0.2, -0.15) is 5.10 Å². The topological polar surface area (TPSA) is 56.0 Å². The molecule has 0 spiro atoms. The van der Waals surface area contributed by atoms with Crippen molar-refractivity contribution >= 4 is 29.0 Å². The second kappa shape index (κ2) is 4.55. The standard InChI is InChI=1S/C11H8ClN5S/c1-18-11-13-5-4-7(15-11)8-6-14-10-3-2-9(12)16-17(8)10/h2-6H,1H3. The zero-order valence-corrected chi connectivity index (χ0v) is 11.0. The third-order valence-corrected chi connectivity index (χ3v) is 3.17. The van der Waals surface area contributed by atoms with Crippen molar-refractivity contribution in [2.75, 3.05) is 6.26 Å². The molecule has 3 heterocycles. The molecule has 0 aliphatic heterocycles. The molecule has 0 fully saturated rings. The minimum absolute atomic E-state index is 0.417. The molecule has 0 amide bonds. The minimum atomic E-state index is 0.417. The van der Waals surface area contributed by atoms with E-state index in [9.17, 15) is 0 Å². The van der Waals surface area contributed by atoms with Gasteiger partial charge in [0.25, 0.3) is 0 Å². The van der Waals surface area contributed by atoms with Gasteiger partial charge in [0, 0.05) is 6.20 Å². The van der Waals surface area contributed by atoms with Gasteiger partial charge in [0.05, 0.1) is 11.9 Å². The highest BCUT2D eigenvalue weighted by molar-refractivity contribution is 7.98. The Hall–Kier alpha value is -1.66. The summed E-state index contributed by atoms with van der Waals surface area (Å²) >= 11 is 7.39. The number of aromatic nitrogens is 5. The third-order valence-electron chi connectivity index (χ3n) is 2.41. The first-order valence-corrected chi connectivity index (χ1v) is 6.76. The van der Waals surface area contributed by atoms with E-state index in [0.717, 1.165) is 17.0 Å². The summed E-state index contributed by atoms with van der Waals surface area (Å²) in [5.41, 5.74) is 2.31. The fourth-order valence-corrected chi connectivity index (χ4v) is 2.10. The van der Waals surface area contributed by atoms with Gasteiger partial charge in [-0.15, -0.1) is 0 Å². The van der Waals surface area contributed by atoms with Crippen LogP contribution in [0.25, 0.3) is 17.0 Å². The lowest BCUT2D eigenvalue weighted by Gasteiger charge is -2.01. The molecule has 0 saturated carbocycles. The smallest absolute Gasteiger partial charge is 0.187 e. The Morgan fingerprint density at radius 2 is 2.11 bits per heavy atom. The van der Waals surface area contributed by atoms with E-state index in [4.69, 9.17) is 11.6 Å². The van der Waals surface area contributed by atoms with Crippen molar-refractivity contribution in [3.8, 4) is 11.4 Å². The molecule has 0 atom stereocenters. The molecule has 0 bridgehead atoms. The molecule has 0 unspecified atom stereocenters. The molecule has 0 aromatic carbocycles. The Kier molecular flexibility index (Phi) is 2.89. The molecule has 7 heteroatoms. The lowest BCUT2D eigenvalue weighted by molar-refractivity contribution is 0.918. The van der Waals surface area contributed by atoms with Gasteiger partial charge < -0.3 is 0 Å². The Balaban J connectivity index is 2.21. The summed E-state index contributed by atoms with van der Waals surface area (Å²) in [5.74, 6) is 0. The summed E-state index contributed by atoms with van der Waals surface area (Å²) in [4.78, 5) is 12.8. The average Bonchev–Trinajstić information content (AvgIpc) is 2.81. The average molecular weight is 278 g/mol. The van der Waals surface area contributed by atoms with Gasteiger partial charge in [0.1, 0.15) is 10.8 Å². The summed E-state index contributed by atoms with van der Waals surface area (Å²) in [6.07, 6.45) is 5.38.